The Labute approximate surface area is 126 Å². The number of hydrogen-bond donors (Lipinski definition) is 2. The van der Waals surface area contributed by atoms with Crippen LogP contribution in [0.3, 0.4) is 0 Å². The highest BCUT2D eigenvalue weighted by molar-refractivity contribution is 5.42. The van der Waals surface area contributed by atoms with Crippen LogP contribution in [0.5, 0.6) is 5.75 Å². The molecule has 2 rings (SSSR count). The molecule has 1 aromatic heterocycles. The van der Waals surface area contributed by atoms with E-state index in [1.807, 2.05) is 12.1 Å². The van der Waals surface area contributed by atoms with Gasteiger partial charge in [-0.3, -0.25) is 0 Å². The molecule has 4 nitrogen and oxygen atoms in total. The van der Waals surface area contributed by atoms with Gasteiger partial charge in [-0.05, 0) is 47.2 Å². The van der Waals surface area contributed by atoms with Crippen LogP contribution >= 0.6 is 0 Å². The Morgan fingerprint density at radius 2 is 1.95 bits per heavy atom. The van der Waals surface area contributed by atoms with Crippen LogP contribution in [0.25, 0.3) is 0 Å². The summed E-state index contributed by atoms with van der Waals surface area (Å²) in [5.41, 5.74) is 6.02. The number of nitrogens with zero attached hydrogens (tertiary/aromatic N) is 1. The second-order valence-electron chi connectivity index (χ2n) is 6.23. The molecule has 0 unspecified atom stereocenters. The molecule has 0 bridgehead atoms. The van der Waals surface area contributed by atoms with Crippen molar-refractivity contribution in [1.82, 2.24) is 4.98 Å². The molecule has 112 valence electrons. The Balaban J connectivity index is 2.21. The van der Waals surface area contributed by atoms with E-state index in [1.54, 1.807) is 6.20 Å². The van der Waals surface area contributed by atoms with E-state index in [1.165, 1.54) is 11.1 Å². The van der Waals surface area contributed by atoms with E-state index in [2.05, 4.69) is 56.3 Å². The van der Waals surface area contributed by atoms with Gasteiger partial charge in [0.1, 0.15) is 18.2 Å². The first-order chi connectivity index (χ1) is 9.90. The maximum atomic E-state index is 6.03. The van der Waals surface area contributed by atoms with Crippen LogP contribution in [0, 0.1) is 6.92 Å². The zero-order valence-electron chi connectivity index (χ0n) is 13.1. The van der Waals surface area contributed by atoms with Gasteiger partial charge in [0, 0.05) is 6.20 Å². The average Bonchev–Trinajstić information content (AvgIpc) is 2.44. The summed E-state index contributed by atoms with van der Waals surface area (Å²) in [5.74, 6) is 6.94. The smallest absolute Gasteiger partial charge is 0.140 e. The fourth-order valence-electron chi connectivity index (χ4n) is 2.17. The number of nitrogen functional groups attached to an aromatic ring is 1. The third kappa shape index (κ3) is 3.95. The normalized spacial score (nSPS) is 11.3. The van der Waals surface area contributed by atoms with Gasteiger partial charge in [-0.1, -0.05) is 32.9 Å². The minimum absolute atomic E-state index is 0.0469. The number of hydrogen-bond acceptors (Lipinski definition) is 4. The molecule has 1 aromatic carbocycles. The zero-order chi connectivity index (χ0) is 15.5. The van der Waals surface area contributed by atoms with Crippen molar-refractivity contribution < 1.29 is 4.74 Å². The number of benzene rings is 1. The Kier molecular flexibility index (Phi) is 4.48. The molecular formula is C17H23N3O. The summed E-state index contributed by atoms with van der Waals surface area (Å²) >= 11 is 0. The molecule has 0 aliphatic heterocycles. The molecule has 0 spiro atoms. The van der Waals surface area contributed by atoms with Crippen molar-refractivity contribution in [2.24, 2.45) is 5.84 Å². The van der Waals surface area contributed by atoms with E-state index in [0.717, 1.165) is 11.3 Å². The molecule has 4 heteroatoms. The maximum Gasteiger partial charge on any atom is 0.140 e. The predicted molar refractivity (Wildman–Crippen MR) is 86.3 cm³/mol. The first-order valence-electron chi connectivity index (χ1n) is 7.05. The van der Waals surface area contributed by atoms with Crippen LogP contribution in [-0.4, -0.2) is 4.98 Å². The number of rotatable bonds is 4. The van der Waals surface area contributed by atoms with Crippen molar-refractivity contribution in [3.8, 4) is 5.75 Å². The topological polar surface area (TPSA) is 60.2 Å². The van der Waals surface area contributed by atoms with Gasteiger partial charge >= 0.3 is 0 Å². The van der Waals surface area contributed by atoms with Crippen molar-refractivity contribution in [2.75, 3.05) is 5.43 Å². The monoisotopic (exact) mass is 285 g/mol. The van der Waals surface area contributed by atoms with E-state index in [4.69, 9.17) is 10.6 Å². The van der Waals surface area contributed by atoms with E-state index < -0.39 is 0 Å². The summed E-state index contributed by atoms with van der Waals surface area (Å²) in [6.45, 7) is 9.13. The number of pyridine rings is 1. The molecule has 0 saturated heterocycles. The molecule has 21 heavy (non-hydrogen) atoms. The SMILES string of the molecule is Cc1ccc(C(C)(C)C)c(OCc2ccnc(NN)c2)c1. The second kappa shape index (κ2) is 6.14. The molecule has 3 N–H and O–H groups in total. The van der Waals surface area contributed by atoms with Crippen LogP contribution in [0.15, 0.2) is 36.5 Å². The van der Waals surface area contributed by atoms with Crippen LogP contribution in [0.1, 0.15) is 37.5 Å². The minimum atomic E-state index is 0.0469. The number of aryl methyl sites for hydroxylation is 1. The molecule has 0 atom stereocenters. The Bertz CT molecular complexity index is 618. The first kappa shape index (κ1) is 15.3. The summed E-state index contributed by atoms with van der Waals surface area (Å²) in [4.78, 5) is 4.09. The quantitative estimate of drug-likeness (QED) is 0.666. The fraction of sp³-hybridized carbons (Fsp3) is 0.353. The standard InChI is InChI=1S/C17H23N3O/c1-12-5-6-14(17(2,3)4)15(9-12)21-11-13-7-8-19-16(10-13)20-18/h5-10H,11,18H2,1-4H3,(H,19,20). The zero-order valence-corrected chi connectivity index (χ0v) is 13.1. The van der Waals surface area contributed by atoms with Gasteiger partial charge in [0.2, 0.25) is 0 Å². The van der Waals surface area contributed by atoms with E-state index in [0.29, 0.717) is 12.4 Å². The number of nitrogens with one attached hydrogen (secondary N) is 1. The molecule has 0 amide bonds. The van der Waals surface area contributed by atoms with Crippen LogP contribution in [0.4, 0.5) is 5.82 Å². The molecule has 0 aliphatic rings. The fourth-order valence-corrected chi connectivity index (χ4v) is 2.17. The van der Waals surface area contributed by atoms with E-state index in [9.17, 15) is 0 Å². The van der Waals surface area contributed by atoms with Crippen molar-refractivity contribution >= 4 is 5.82 Å². The summed E-state index contributed by atoms with van der Waals surface area (Å²) < 4.78 is 6.03. The molecular weight excluding hydrogens is 262 g/mol. The van der Waals surface area contributed by atoms with E-state index >= 15 is 0 Å². The summed E-state index contributed by atoms with van der Waals surface area (Å²) in [7, 11) is 0. The molecule has 0 radical (unpaired) electrons. The highest BCUT2D eigenvalue weighted by atomic mass is 16.5. The molecule has 0 aliphatic carbocycles. The van der Waals surface area contributed by atoms with Crippen LogP contribution < -0.4 is 16.0 Å². The Hall–Kier alpha value is -2.07. The van der Waals surface area contributed by atoms with Gasteiger partial charge < -0.3 is 10.2 Å². The number of nitrogens with two attached hydrogens (primary N) is 1. The average molecular weight is 285 g/mol. The lowest BCUT2D eigenvalue weighted by atomic mass is 9.86. The predicted octanol–water partition coefficient (Wildman–Crippen LogP) is 3.55. The number of ether oxygens (including phenoxy) is 1. The van der Waals surface area contributed by atoms with Gasteiger partial charge in [-0.2, -0.15) is 0 Å². The minimum Gasteiger partial charge on any atom is -0.489 e. The van der Waals surface area contributed by atoms with Crippen LogP contribution in [-0.2, 0) is 12.0 Å². The lowest BCUT2D eigenvalue weighted by Crippen LogP contribution is -2.14. The van der Waals surface area contributed by atoms with Gasteiger partial charge in [0.05, 0.1) is 0 Å². The lowest BCUT2D eigenvalue weighted by molar-refractivity contribution is 0.297. The van der Waals surface area contributed by atoms with Gasteiger partial charge in [0.25, 0.3) is 0 Å². The van der Waals surface area contributed by atoms with Crippen molar-refractivity contribution in [3.05, 3.63) is 53.2 Å². The summed E-state index contributed by atoms with van der Waals surface area (Å²) in [5, 5.41) is 0. The van der Waals surface area contributed by atoms with Crippen molar-refractivity contribution in [1.29, 1.82) is 0 Å². The largest absolute Gasteiger partial charge is 0.489 e. The third-order valence-corrected chi connectivity index (χ3v) is 3.31. The van der Waals surface area contributed by atoms with Crippen molar-refractivity contribution in [3.63, 3.8) is 0 Å². The maximum absolute atomic E-state index is 6.03. The summed E-state index contributed by atoms with van der Waals surface area (Å²) in [6.07, 6.45) is 1.72. The molecule has 1 heterocycles. The highest BCUT2D eigenvalue weighted by Gasteiger charge is 2.19. The number of hydrazine groups is 1. The van der Waals surface area contributed by atoms with Crippen LogP contribution in [0.2, 0.25) is 0 Å². The molecule has 0 fully saturated rings. The van der Waals surface area contributed by atoms with Gasteiger partial charge in [-0.25, -0.2) is 10.8 Å². The molecule has 2 aromatic rings. The molecule has 0 saturated carbocycles. The Morgan fingerprint density at radius 3 is 2.62 bits per heavy atom. The highest BCUT2D eigenvalue weighted by Crippen LogP contribution is 2.32. The van der Waals surface area contributed by atoms with E-state index in [-0.39, 0.29) is 5.41 Å². The second-order valence-corrected chi connectivity index (χ2v) is 6.23. The summed E-state index contributed by atoms with van der Waals surface area (Å²) in [6, 6.07) is 10.2. The lowest BCUT2D eigenvalue weighted by Gasteiger charge is -2.23. The number of aromatic nitrogens is 1. The van der Waals surface area contributed by atoms with Gasteiger partial charge in [-0.15, -0.1) is 0 Å². The first-order valence-corrected chi connectivity index (χ1v) is 7.05. The Morgan fingerprint density at radius 1 is 1.19 bits per heavy atom. The van der Waals surface area contributed by atoms with Gasteiger partial charge in [0.15, 0.2) is 0 Å². The third-order valence-electron chi connectivity index (χ3n) is 3.31. The number of anilines is 1. The van der Waals surface area contributed by atoms with Crippen molar-refractivity contribution in [2.45, 2.75) is 39.7 Å².